The van der Waals surface area contributed by atoms with Crippen LogP contribution in [-0.2, 0) is 33.4 Å². The van der Waals surface area contributed by atoms with Gasteiger partial charge in [-0.15, -0.1) is 0 Å². The lowest BCUT2D eigenvalue weighted by Gasteiger charge is -2.62. The minimum Gasteiger partial charge on any atom is -0.472 e. The number of ether oxygens (including phenoxy) is 3. The van der Waals surface area contributed by atoms with Crippen LogP contribution in [0.25, 0.3) is 0 Å². The number of hydrogen-bond donors (Lipinski definition) is 2. The van der Waals surface area contributed by atoms with E-state index in [-0.39, 0.29) is 36.8 Å². The van der Waals surface area contributed by atoms with Crippen LogP contribution in [-0.4, -0.2) is 58.3 Å². The highest BCUT2D eigenvalue weighted by Crippen LogP contribution is 2.69. The molecule has 1 aromatic rings. The van der Waals surface area contributed by atoms with E-state index >= 15 is 0 Å². The number of rotatable bonds is 5. The number of hydrogen-bond acceptors (Lipinski definition) is 10. The van der Waals surface area contributed by atoms with Crippen LogP contribution in [0.5, 0.6) is 0 Å². The maximum Gasteiger partial charge on any atom is 0.333 e. The highest BCUT2D eigenvalue weighted by molar-refractivity contribution is 5.93. The average Bonchev–Trinajstić information content (AvgIpc) is 3.52. The Bertz CT molecular complexity index is 1390. The van der Waals surface area contributed by atoms with Gasteiger partial charge in [0.1, 0.15) is 29.2 Å². The molecule has 41 heavy (non-hydrogen) atoms. The van der Waals surface area contributed by atoms with E-state index in [1.165, 1.54) is 44.8 Å². The first kappa shape index (κ1) is 29.0. The molecule has 10 nitrogen and oxygen atoms in total. The smallest absolute Gasteiger partial charge is 0.333 e. The summed E-state index contributed by atoms with van der Waals surface area (Å²) in [5.74, 6) is -3.38. The van der Waals surface area contributed by atoms with Crippen molar-refractivity contribution in [3.8, 4) is 0 Å². The van der Waals surface area contributed by atoms with Gasteiger partial charge >= 0.3 is 17.9 Å². The predicted molar refractivity (Wildman–Crippen MR) is 143 cm³/mol. The molecule has 2 heterocycles. The zero-order valence-electron chi connectivity index (χ0n) is 23.9. The van der Waals surface area contributed by atoms with E-state index in [0.717, 1.165) is 0 Å². The molecule has 0 amide bonds. The van der Waals surface area contributed by atoms with Gasteiger partial charge in [0.15, 0.2) is 0 Å². The molecule has 0 spiro atoms. The summed E-state index contributed by atoms with van der Waals surface area (Å²) in [4.78, 5) is 52.7. The van der Waals surface area contributed by atoms with Crippen LogP contribution < -0.4 is 0 Å². The van der Waals surface area contributed by atoms with Gasteiger partial charge in [0.05, 0.1) is 31.5 Å². The van der Waals surface area contributed by atoms with Crippen LogP contribution in [0.3, 0.4) is 0 Å². The molecule has 2 bridgehead atoms. The number of carbonyl (C=O) groups is 4. The molecule has 1 aromatic heterocycles. The number of Topliss-reactive ketones (excluding diaryl/α,β-unsaturated/α-hetero) is 1. The maximum atomic E-state index is 14.2. The van der Waals surface area contributed by atoms with Crippen molar-refractivity contribution in [2.75, 3.05) is 7.11 Å². The maximum absolute atomic E-state index is 14.2. The second kappa shape index (κ2) is 9.25. The number of cyclic esters (lactones) is 1. The fourth-order valence-corrected chi connectivity index (χ4v) is 7.96. The number of carbonyl (C=O) groups excluding carboxylic acids is 4. The fourth-order valence-electron chi connectivity index (χ4n) is 7.96. The third-order valence-corrected chi connectivity index (χ3v) is 10.4. The van der Waals surface area contributed by atoms with Crippen molar-refractivity contribution in [2.24, 2.45) is 22.2 Å². The van der Waals surface area contributed by atoms with Crippen molar-refractivity contribution in [3.05, 3.63) is 60.1 Å². The Morgan fingerprint density at radius 3 is 2.49 bits per heavy atom. The summed E-state index contributed by atoms with van der Waals surface area (Å²) in [7, 11) is 1.23. The third-order valence-electron chi connectivity index (χ3n) is 10.4. The standard InChI is InChI=1S/C31H36O10/c1-17(2)26(35)40-22-7-9-30(36)20-14-24(34)41-25(18-8-12-39-16-18)27(20,3)10-11-31(30,37)29(5)19(13-23(33)38-6)28(22,4)15-21(29)32/h7-9,12,14,16,19,22,25,36-37H,1,10-11,13,15H2,2-6H3/t19-,22+,25-,27+,28-,29-,30-,31-/m0/s1. The van der Waals surface area contributed by atoms with Gasteiger partial charge in [0.25, 0.3) is 0 Å². The largest absolute Gasteiger partial charge is 0.472 e. The second-order valence-electron chi connectivity index (χ2n) is 12.6. The van der Waals surface area contributed by atoms with Gasteiger partial charge in [0.2, 0.25) is 0 Å². The topological polar surface area (TPSA) is 150 Å². The van der Waals surface area contributed by atoms with E-state index < -0.39 is 69.3 Å². The van der Waals surface area contributed by atoms with Crippen LogP contribution in [0.1, 0.15) is 65.0 Å². The number of methoxy groups -OCH3 is 1. The fraction of sp³-hybridized carbons (Fsp3) is 0.548. The Balaban J connectivity index is 1.77. The molecule has 1 aliphatic heterocycles. The average molecular weight is 569 g/mol. The number of esters is 3. The molecule has 2 saturated carbocycles. The molecule has 10 heteroatoms. The SMILES string of the molecule is C=C(C)C(=O)O[C@@H]1C=C[C@]2(O)C3=CC(=O)O[C@@H](c4ccoc4)[C@]3(C)CC[C@]2(O)[C@]2(C)C(=O)C[C@@]1(C)[C@@H]2CC(=O)OC. The second-order valence-corrected chi connectivity index (χ2v) is 12.6. The summed E-state index contributed by atoms with van der Waals surface area (Å²) >= 11 is 0. The first-order valence-corrected chi connectivity index (χ1v) is 13.6. The molecule has 5 rings (SSSR count). The minimum atomic E-state index is -2.29. The van der Waals surface area contributed by atoms with Crippen molar-refractivity contribution < 1.29 is 48.0 Å². The van der Waals surface area contributed by atoms with E-state index in [0.29, 0.717) is 5.56 Å². The Morgan fingerprint density at radius 2 is 1.88 bits per heavy atom. The summed E-state index contributed by atoms with van der Waals surface area (Å²) in [6.07, 6.45) is 4.66. The van der Waals surface area contributed by atoms with Gasteiger partial charge in [-0.1, -0.05) is 20.4 Å². The van der Waals surface area contributed by atoms with Crippen molar-refractivity contribution in [3.63, 3.8) is 0 Å². The molecule has 220 valence electrons. The van der Waals surface area contributed by atoms with Gasteiger partial charge in [0, 0.05) is 34.5 Å². The van der Waals surface area contributed by atoms with Crippen molar-refractivity contribution in [2.45, 2.75) is 76.8 Å². The van der Waals surface area contributed by atoms with Gasteiger partial charge < -0.3 is 28.8 Å². The zero-order valence-corrected chi connectivity index (χ0v) is 23.9. The lowest BCUT2D eigenvalue weighted by Crippen LogP contribution is -2.72. The molecular weight excluding hydrogens is 532 g/mol. The minimum absolute atomic E-state index is 0.0696. The molecule has 2 fully saturated rings. The van der Waals surface area contributed by atoms with Gasteiger partial charge in [-0.2, -0.15) is 0 Å². The summed E-state index contributed by atoms with van der Waals surface area (Å²) in [5, 5.41) is 25.5. The first-order valence-electron chi connectivity index (χ1n) is 13.6. The summed E-state index contributed by atoms with van der Waals surface area (Å²) in [6, 6.07) is 1.66. The predicted octanol–water partition coefficient (Wildman–Crippen LogP) is 3.29. The molecule has 4 aliphatic rings. The molecule has 8 atom stereocenters. The highest BCUT2D eigenvalue weighted by atomic mass is 16.6. The van der Waals surface area contributed by atoms with Gasteiger partial charge in [-0.25, -0.2) is 9.59 Å². The van der Waals surface area contributed by atoms with Crippen LogP contribution in [0, 0.1) is 22.2 Å². The quantitative estimate of drug-likeness (QED) is 0.234. The number of aliphatic hydroxyl groups is 2. The number of fused-ring (bicyclic) bond motifs is 6. The van der Waals surface area contributed by atoms with Crippen molar-refractivity contribution in [1.82, 2.24) is 0 Å². The Kier molecular flexibility index (Phi) is 6.55. The lowest BCUT2D eigenvalue weighted by molar-refractivity contribution is -0.229. The van der Waals surface area contributed by atoms with Crippen LogP contribution in [0.2, 0.25) is 0 Å². The van der Waals surface area contributed by atoms with Crippen molar-refractivity contribution >= 4 is 23.7 Å². The molecule has 3 aliphatic carbocycles. The van der Waals surface area contributed by atoms with Gasteiger partial charge in [-0.05, 0) is 56.4 Å². The Morgan fingerprint density at radius 1 is 1.17 bits per heavy atom. The van der Waals surface area contributed by atoms with Crippen molar-refractivity contribution in [1.29, 1.82) is 0 Å². The normalized spacial score (nSPS) is 41.2. The summed E-state index contributed by atoms with van der Waals surface area (Å²) < 4.78 is 21.8. The Hall–Kier alpha value is -3.50. The third kappa shape index (κ3) is 3.76. The van der Waals surface area contributed by atoms with Crippen LogP contribution in [0.4, 0.5) is 0 Å². The Labute approximate surface area is 238 Å². The first-order chi connectivity index (χ1) is 19.1. The van der Waals surface area contributed by atoms with E-state index in [2.05, 4.69) is 6.58 Å². The summed E-state index contributed by atoms with van der Waals surface area (Å²) in [5.41, 5.74) is -7.45. The molecule has 0 radical (unpaired) electrons. The lowest BCUT2D eigenvalue weighted by atomic mass is 9.45. The van der Waals surface area contributed by atoms with E-state index in [4.69, 9.17) is 18.6 Å². The molecule has 0 unspecified atom stereocenters. The molecule has 0 saturated heterocycles. The summed E-state index contributed by atoms with van der Waals surface area (Å²) in [6.45, 7) is 10.2. The molecule has 2 N–H and O–H groups in total. The number of ketones is 1. The zero-order chi connectivity index (χ0) is 30.2. The van der Waals surface area contributed by atoms with Gasteiger partial charge in [-0.3, -0.25) is 9.59 Å². The van der Waals surface area contributed by atoms with E-state index in [9.17, 15) is 29.4 Å². The number of furan rings is 1. The van der Waals surface area contributed by atoms with Crippen LogP contribution in [0.15, 0.2) is 59.0 Å². The van der Waals surface area contributed by atoms with E-state index in [1.807, 2.05) is 6.92 Å². The monoisotopic (exact) mass is 568 g/mol. The molecule has 0 aromatic carbocycles. The van der Waals surface area contributed by atoms with Crippen LogP contribution >= 0.6 is 0 Å². The van der Waals surface area contributed by atoms with E-state index in [1.54, 1.807) is 19.9 Å². The molecular formula is C31H36O10. The highest BCUT2D eigenvalue weighted by Gasteiger charge is 2.77.